The number of fused-ring (bicyclic) bond motifs is 1. The van der Waals surface area contributed by atoms with Gasteiger partial charge in [-0.25, -0.2) is 0 Å². The first-order chi connectivity index (χ1) is 10.2. The number of halogens is 1. The van der Waals surface area contributed by atoms with Gasteiger partial charge in [0, 0.05) is 28.9 Å². The first kappa shape index (κ1) is 14.1. The second-order valence-electron chi connectivity index (χ2n) is 5.18. The van der Waals surface area contributed by atoms with Crippen LogP contribution in [-0.4, -0.2) is 14.2 Å². The minimum Gasteiger partial charge on any atom is -0.497 e. The topological polar surface area (TPSA) is 30.5 Å². The van der Waals surface area contributed by atoms with E-state index in [0.717, 1.165) is 35.1 Å². The Kier molecular flexibility index (Phi) is 3.93. The Balaban J connectivity index is 1.85. The van der Waals surface area contributed by atoms with E-state index in [1.54, 1.807) is 14.2 Å². The minimum absolute atomic E-state index is 0.300. The molecule has 2 aromatic carbocycles. The smallest absolute Gasteiger partial charge is 0.124 e. The van der Waals surface area contributed by atoms with Crippen LogP contribution < -0.4 is 14.8 Å². The van der Waals surface area contributed by atoms with Crippen molar-refractivity contribution in [3.63, 3.8) is 0 Å². The predicted molar refractivity (Wildman–Crippen MR) is 85.7 cm³/mol. The normalized spacial score (nSPS) is 16.4. The number of hydrogen-bond donors (Lipinski definition) is 1. The fraction of sp³-hybridized carbons (Fsp3) is 0.294. The number of benzene rings is 2. The highest BCUT2D eigenvalue weighted by Gasteiger charge is 2.22. The summed E-state index contributed by atoms with van der Waals surface area (Å²) < 4.78 is 10.6. The first-order valence-corrected chi connectivity index (χ1v) is 7.35. The number of nitrogens with one attached hydrogen (secondary N) is 1. The fourth-order valence-electron chi connectivity index (χ4n) is 2.83. The van der Waals surface area contributed by atoms with Crippen molar-refractivity contribution in [1.82, 2.24) is 0 Å². The fourth-order valence-corrected chi connectivity index (χ4v) is 3.02. The van der Waals surface area contributed by atoms with Crippen molar-refractivity contribution in [1.29, 1.82) is 0 Å². The zero-order chi connectivity index (χ0) is 14.8. The molecule has 0 radical (unpaired) electrons. The van der Waals surface area contributed by atoms with E-state index in [-0.39, 0.29) is 0 Å². The third kappa shape index (κ3) is 2.93. The molecule has 0 amide bonds. The van der Waals surface area contributed by atoms with Gasteiger partial charge in [0.25, 0.3) is 0 Å². The van der Waals surface area contributed by atoms with E-state index in [4.69, 9.17) is 21.1 Å². The van der Waals surface area contributed by atoms with Crippen molar-refractivity contribution < 1.29 is 9.47 Å². The predicted octanol–water partition coefficient (Wildman–Crippen LogP) is 4.46. The average Bonchev–Trinajstić information content (AvgIpc) is 2.88. The number of ether oxygens (including phenoxy) is 2. The highest BCUT2D eigenvalue weighted by molar-refractivity contribution is 6.30. The molecule has 1 aliphatic rings. The molecule has 0 heterocycles. The summed E-state index contributed by atoms with van der Waals surface area (Å²) in [5, 5.41) is 4.37. The number of anilines is 1. The average molecular weight is 304 g/mol. The number of hydrogen-bond acceptors (Lipinski definition) is 3. The number of methoxy groups -OCH3 is 2. The third-order valence-electron chi connectivity index (χ3n) is 3.88. The zero-order valence-electron chi connectivity index (χ0n) is 12.2. The molecule has 0 bridgehead atoms. The summed E-state index contributed by atoms with van der Waals surface area (Å²) in [6, 6.07) is 12.3. The van der Waals surface area contributed by atoms with Crippen LogP contribution in [0, 0.1) is 0 Å². The summed E-state index contributed by atoms with van der Waals surface area (Å²) >= 11 is 6.06. The highest BCUT2D eigenvalue weighted by atomic mass is 35.5. The van der Waals surface area contributed by atoms with Crippen LogP contribution in [0.3, 0.4) is 0 Å². The maximum atomic E-state index is 6.06. The SMILES string of the molecule is COc1cc(NC2CCc3cc(Cl)ccc32)cc(OC)c1. The van der Waals surface area contributed by atoms with Gasteiger partial charge >= 0.3 is 0 Å². The Morgan fingerprint density at radius 2 is 1.76 bits per heavy atom. The largest absolute Gasteiger partial charge is 0.497 e. The van der Waals surface area contributed by atoms with E-state index in [9.17, 15) is 0 Å². The number of rotatable bonds is 4. The van der Waals surface area contributed by atoms with Gasteiger partial charge in [-0.2, -0.15) is 0 Å². The van der Waals surface area contributed by atoms with Crippen molar-refractivity contribution in [3.05, 3.63) is 52.5 Å². The Hall–Kier alpha value is -1.87. The van der Waals surface area contributed by atoms with Crippen molar-refractivity contribution >= 4 is 17.3 Å². The molecular formula is C17H18ClNO2. The zero-order valence-corrected chi connectivity index (χ0v) is 12.9. The Morgan fingerprint density at radius 1 is 1.05 bits per heavy atom. The molecule has 1 aliphatic carbocycles. The lowest BCUT2D eigenvalue weighted by molar-refractivity contribution is 0.394. The molecule has 1 unspecified atom stereocenters. The first-order valence-electron chi connectivity index (χ1n) is 6.97. The summed E-state index contributed by atoms with van der Waals surface area (Å²) in [5.41, 5.74) is 3.65. The third-order valence-corrected chi connectivity index (χ3v) is 4.11. The monoisotopic (exact) mass is 303 g/mol. The van der Waals surface area contributed by atoms with Crippen LogP contribution in [0.4, 0.5) is 5.69 Å². The molecule has 0 aliphatic heterocycles. The van der Waals surface area contributed by atoms with Gasteiger partial charge < -0.3 is 14.8 Å². The molecule has 0 aromatic heterocycles. The summed E-state index contributed by atoms with van der Waals surface area (Å²) in [5.74, 6) is 1.57. The molecule has 0 saturated carbocycles. The number of aryl methyl sites for hydroxylation is 1. The van der Waals surface area contributed by atoms with Crippen molar-refractivity contribution in [2.75, 3.05) is 19.5 Å². The van der Waals surface area contributed by atoms with Crippen LogP contribution in [0.25, 0.3) is 0 Å². The lowest BCUT2D eigenvalue weighted by Gasteiger charge is -2.17. The van der Waals surface area contributed by atoms with Gasteiger partial charge in [0.2, 0.25) is 0 Å². The molecule has 1 N–H and O–H groups in total. The van der Waals surface area contributed by atoms with Crippen molar-refractivity contribution in [2.45, 2.75) is 18.9 Å². The molecule has 0 fully saturated rings. The van der Waals surface area contributed by atoms with E-state index in [1.165, 1.54) is 11.1 Å². The van der Waals surface area contributed by atoms with E-state index in [2.05, 4.69) is 17.4 Å². The summed E-state index contributed by atoms with van der Waals surface area (Å²) in [7, 11) is 3.32. The maximum Gasteiger partial charge on any atom is 0.124 e. The van der Waals surface area contributed by atoms with E-state index in [0.29, 0.717) is 6.04 Å². The molecule has 3 rings (SSSR count). The van der Waals surface area contributed by atoms with Gasteiger partial charge in [-0.3, -0.25) is 0 Å². The van der Waals surface area contributed by atoms with E-state index in [1.807, 2.05) is 24.3 Å². The lowest BCUT2D eigenvalue weighted by Crippen LogP contribution is -2.07. The Morgan fingerprint density at radius 3 is 2.43 bits per heavy atom. The van der Waals surface area contributed by atoms with Crippen LogP contribution in [-0.2, 0) is 6.42 Å². The van der Waals surface area contributed by atoms with E-state index < -0.39 is 0 Å². The summed E-state index contributed by atoms with van der Waals surface area (Å²) in [6.45, 7) is 0. The van der Waals surface area contributed by atoms with Crippen LogP contribution >= 0.6 is 11.6 Å². The molecule has 2 aromatic rings. The van der Waals surface area contributed by atoms with Crippen LogP contribution in [0.5, 0.6) is 11.5 Å². The highest BCUT2D eigenvalue weighted by Crippen LogP contribution is 2.36. The molecule has 4 heteroatoms. The van der Waals surface area contributed by atoms with Crippen molar-refractivity contribution in [3.8, 4) is 11.5 Å². The van der Waals surface area contributed by atoms with Gasteiger partial charge in [-0.05, 0) is 36.1 Å². The second-order valence-corrected chi connectivity index (χ2v) is 5.62. The molecule has 21 heavy (non-hydrogen) atoms. The lowest BCUT2D eigenvalue weighted by atomic mass is 10.1. The quantitative estimate of drug-likeness (QED) is 0.905. The van der Waals surface area contributed by atoms with Gasteiger partial charge in [-0.15, -0.1) is 0 Å². The standard InChI is InChI=1S/C17H18ClNO2/c1-20-14-8-13(9-15(10-14)21-2)19-17-6-3-11-7-12(18)4-5-16(11)17/h4-5,7-10,17,19H,3,6H2,1-2H3. The van der Waals surface area contributed by atoms with Crippen molar-refractivity contribution in [2.24, 2.45) is 0 Å². The maximum absolute atomic E-state index is 6.06. The summed E-state index contributed by atoms with van der Waals surface area (Å²) in [6.07, 6.45) is 2.11. The summed E-state index contributed by atoms with van der Waals surface area (Å²) in [4.78, 5) is 0. The molecule has 0 saturated heterocycles. The van der Waals surface area contributed by atoms with Crippen LogP contribution in [0.15, 0.2) is 36.4 Å². The van der Waals surface area contributed by atoms with Gasteiger partial charge in [0.05, 0.1) is 20.3 Å². The molecule has 0 spiro atoms. The minimum atomic E-state index is 0.300. The Bertz CT molecular complexity index is 635. The molecule has 110 valence electrons. The van der Waals surface area contributed by atoms with Gasteiger partial charge in [0.1, 0.15) is 11.5 Å². The van der Waals surface area contributed by atoms with Gasteiger partial charge in [-0.1, -0.05) is 17.7 Å². The van der Waals surface area contributed by atoms with Crippen LogP contribution in [0.2, 0.25) is 5.02 Å². The molecular weight excluding hydrogens is 286 g/mol. The molecule has 3 nitrogen and oxygen atoms in total. The Labute approximate surface area is 129 Å². The van der Waals surface area contributed by atoms with E-state index >= 15 is 0 Å². The van der Waals surface area contributed by atoms with Crippen LogP contribution in [0.1, 0.15) is 23.6 Å². The molecule has 1 atom stereocenters. The van der Waals surface area contributed by atoms with Gasteiger partial charge in [0.15, 0.2) is 0 Å². The second kappa shape index (κ2) is 5.86.